The summed E-state index contributed by atoms with van der Waals surface area (Å²) >= 11 is 0. The zero-order valence-corrected chi connectivity index (χ0v) is 13.1. The quantitative estimate of drug-likeness (QED) is 0.851. The van der Waals surface area contributed by atoms with Gasteiger partial charge in [-0.25, -0.2) is 0 Å². The molecule has 0 aliphatic heterocycles. The van der Waals surface area contributed by atoms with Crippen LogP contribution < -0.4 is 5.32 Å². The number of hydrogen-bond donors (Lipinski definition) is 1. The van der Waals surface area contributed by atoms with E-state index in [0.29, 0.717) is 25.3 Å². The van der Waals surface area contributed by atoms with Crippen molar-refractivity contribution in [2.24, 2.45) is 5.92 Å². The van der Waals surface area contributed by atoms with Gasteiger partial charge in [-0.2, -0.15) is 0 Å². The number of carbonyl (C=O) groups is 1. The molecule has 0 saturated heterocycles. The minimum absolute atomic E-state index is 0.00314. The highest BCUT2D eigenvalue weighted by molar-refractivity contribution is 5.75. The molecule has 1 saturated carbocycles. The van der Waals surface area contributed by atoms with Gasteiger partial charge in [0.2, 0.25) is 5.91 Å². The SMILES string of the molecule is CCn1cnnc1CNC(=O)CCc1ccc([C@H]2C[C@H]2C)o1. The highest BCUT2D eigenvalue weighted by atomic mass is 16.3. The molecule has 1 amide bonds. The van der Waals surface area contributed by atoms with Crippen molar-refractivity contribution >= 4 is 5.91 Å². The van der Waals surface area contributed by atoms with Gasteiger partial charge in [-0.1, -0.05) is 6.92 Å². The van der Waals surface area contributed by atoms with Gasteiger partial charge < -0.3 is 14.3 Å². The van der Waals surface area contributed by atoms with Crippen molar-refractivity contribution in [2.75, 3.05) is 0 Å². The van der Waals surface area contributed by atoms with E-state index in [1.807, 2.05) is 23.6 Å². The first-order valence-electron chi connectivity index (χ1n) is 7.89. The van der Waals surface area contributed by atoms with E-state index in [2.05, 4.69) is 22.4 Å². The average Bonchev–Trinajstić information content (AvgIpc) is 2.97. The number of nitrogens with one attached hydrogen (secondary N) is 1. The van der Waals surface area contributed by atoms with Gasteiger partial charge in [0.25, 0.3) is 0 Å². The fourth-order valence-electron chi connectivity index (χ4n) is 2.63. The van der Waals surface area contributed by atoms with Crippen molar-refractivity contribution in [3.05, 3.63) is 35.8 Å². The molecular weight excluding hydrogens is 280 g/mol. The van der Waals surface area contributed by atoms with Crippen LogP contribution in [0.15, 0.2) is 22.9 Å². The topological polar surface area (TPSA) is 73.0 Å². The summed E-state index contributed by atoms with van der Waals surface area (Å²) in [4.78, 5) is 11.9. The van der Waals surface area contributed by atoms with E-state index < -0.39 is 0 Å². The molecule has 2 atom stereocenters. The first-order valence-corrected chi connectivity index (χ1v) is 7.89. The molecule has 6 nitrogen and oxygen atoms in total. The summed E-state index contributed by atoms with van der Waals surface area (Å²) in [7, 11) is 0. The fourth-order valence-corrected chi connectivity index (χ4v) is 2.63. The number of hydrogen-bond acceptors (Lipinski definition) is 4. The van der Waals surface area contributed by atoms with E-state index in [1.54, 1.807) is 6.33 Å². The van der Waals surface area contributed by atoms with Crippen molar-refractivity contribution in [3.8, 4) is 0 Å². The molecule has 6 heteroatoms. The second-order valence-electron chi connectivity index (χ2n) is 5.93. The van der Waals surface area contributed by atoms with Crippen molar-refractivity contribution in [2.45, 2.75) is 52.1 Å². The maximum absolute atomic E-state index is 11.9. The number of furan rings is 1. The molecule has 22 heavy (non-hydrogen) atoms. The summed E-state index contributed by atoms with van der Waals surface area (Å²) < 4.78 is 7.72. The average molecular weight is 302 g/mol. The minimum Gasteiger partial charge on any atom is -0.466 e. The van der Waals surface area contributed by atoms with Crippen LogP contribution >= 0.6 is 0 Å². The maximum Gasteiger partial charge on any atom is 0.220 e. The molecule has 2 aromatic heterocycles. The lowest BCUT2D eigenvalue weighted by Crippen LogP contribution is -2.24. The fraction of sp³-hybridized carbons (Fsp3) is 0.562. The van der Waals surface area contributed by atoms with Gasteiger partial charge in [-0.3, -0.25) is 4.79 Å². The lowest BCUT2D eigenvalue weighted by atomic mass is 10.2. The Morgan fingerprint density at radius 2 is 2.32 bits per heavy atom. The summed E-state index contributed by atoms with van der Waals surface area (Å²) in [5, 5.41) is 10.7. The first-order chi connectivity index (χ1) is 10.7. The van der Waals surface area contributed by atoms with E-state index in [4.69, 9.17) is 4.42 Å². The number of aromatic nitrogens is 3. The third-order valence-corrected chi connectivity index (χ3v) is 4.24. The third-order valence-electron chi connectivity index (χ3n) is 4.24. The zero-order valence-electron chi connectivity index (χ0n) is 13.1. The van der Waals surface area contributed by atoms with Gasteiger partial charge in [0, 0.05) is 25.3 Å². The molecule has 0 bridgehead atoms. The van der Waals surface area contributed by atoms with Gasteiger partial charge in [-0.05, 0) is 31.4 Å². The maximum atomic E-state index is 11.9. The molecule has 0 spiro atoms. The normalized spacial score (nSPS) is 20.1. The smallest absolute Gasteiger partial charge is 0.220 e. The van der Waals surface area contributed by atoms with Crippen LogP contribution in [0.5, 0.6) is 0 Å². The number of amides is 1. The van der Waals surface area contributed by atoms with E-state index in [-0.39, 0.29) is 5.91 Å². The Balaban J connectivity index is 1.43. The predicted molar refractivity (Wildman–Crippen MR) is 81.1 cm³/mol. The molecule has 1 aliphatic rings. The van der Waals surface area contributed by atoms with Crippen LogP contribution in [0.3, 0.4) is 0 Å². The Kier molecular flexibility index (Phi) is 4.27. The molecule has 3 rings (SSSR count). The molecule has 1 aliphatic carbocycles. The van der Waals surface area contributed by atoms with Crippen molar-refractivity contribution in [1.82, 2.24) is 20.1 Å². The van der Waals surface area contributed by atoms with Gasteiger partial charge in [0.1, 0.15) is 17.8 Å². The van der Waals surface area contributed by atoms with Crippen molar-refractivity contribution < 1.29 is 9.21 Å². The number of aryl methyl sites for hydroxylation is 2. The molecule has 1 N–H and O–H groups in total. The predicted octanol–water partition coefficient (Wildman–Crippen LogP) is 2.26. The number of nitrogens with zero attached hydrogens (tertiary/aromatic N) is 3. The molecule has 0 unspecified atom stereocenters. The minimum atomic E-state index is 0.00314. The highest BCUT2D eigenvalue weighted by Crippen LogP contribution is 2.47. The standard InChI is InChI=1S/C16H22N4O2/c1-3-20-10-18-19-15(20)9-17-16(21)7-5-12-4-6-14(22-12)13-8-11(13)2/h4,6,10-11,13H,3,5,7-9H2,1-2H3,(H,17,21)/t11-,13+/m1/s1. The third kappa shape index (κ3) is 3.37. The van der Waals surface area contributed by atoms with Gasteiger partial charge >= 0.3 is 0 Å². The Morgan fingerprint density at radius 1 is 1.50 bits per heavy atom. The first kappa shape index (κ1) is 14.8. The largest absolute Gasteiger partial charge is 0.466 e. The lowest BCUT2D eigenvalue weighted by molar-refractivity contribution is -0.121. The van der Waals surface area contributed by atoms with E-state index in [1.165, 1.54) is 6.42 Å². The summed E-state index contributed by atoms with van der Waals surface area (Å²) in [6, 6.07) is 4.03. The Morgan fingerprint density at radius 3 is 3.05 bits per heavy atom. The second-order valence-corrected chi connectivity index (χ2v) is 5.93. The monoisotopic (exact) mass is 302 g/mol. The highest BCUT2D eigenvalue weighted by Gasteiger charge is 2.36. The van der Waals surface area contributed by atoms with E-state index in [0.717, 1.165) is 29.8 Å². The summed E-state index contributed by atoms with van der Waals surface area (Å²) in [5.74, 6) is 4.06. The van der Waals surface area contributed by atoms with Crippen LogP contribution in [-0.4, -0.2) is 20.7 Å². The van der Waals surface area contributed by atoms with Crippen LogP contribution in [0, 0.1) is 5.92 Å². The Hall–Kier alpha value is -2.11. The van der Waals surface area contributed by atoms with Gasteiger partial charge in [-0.15, -0.1) is 10.2 Å². The number of rotatable bonds is 7. The van der Waals surface area contributed by atoms with Gasteiger partial charge in [0.15, 0.2) is 5.82 Å². The second kappa shape index (κ2) is 6.34. The molecule has 118 valence electrons. The molecule has 2 heterocycles. The molecule has 0 aromatic carbocycles. The lowest BCUT2D eigenvalue weighted by Gasteiger charge is -2.05. The van der Waals surface area contributed by atoms with E-state index >= 15 is 0 Å². The van der Waals surface area contributed by atoms with Crippen LogP contribution in [-0.2, 0) is 24.3 Å². The van der Waals surface area contributed by atoms with Gasteiger partial charge in [0.05, 0.1) is 6.54 Å². The van der Waals surface area contributed by atoms with Crippen LogP contribution in [0.4, 0.5) is 0 Å². The molecular formula is C16H22N4O2. The van der Waals surface area contributed by atoms with Crippen LogP contribution in [0.2, 0.25) is 0 Å². The molecule has 1 fully saturated rings. The van der Waals surface area contributed by atoms with Crippen molar-refractivity contribution in [1.29, 1.82) is 0 Å². The van der Waals surface area contributed by atoms with E-state index in [9.17, 15) is 4.79 Å². The van der Waals surface area contributed by atoms with Crippen LogP contribution in [0.25, 0.3) is 0 Å². The molecule has 2 aromatic rings. The van der Waals surface area contributed by atoms with Crippen LogP contribution in [0.1, 0.15) is 50.0 Å². The van der Waals surface area contributed by atoms with Crippen molar-refractivity contribution in [3.63, 3.8) is 0 Å². The Labute approximate surface area is 129 Å². The summed E-state index contributed by atoms with van der Waals surface area (Å²) in [6.45, 7) is 5.46. The Bertz CT molecular complexity index is 646. The summed E-state index contributed by atoms with van der Waals surface area (Å²) in [6.07, 6.45) is 3.94. The zero-order chi connectivity index (χ0) is 15.5. The number of carbonyl (C=O) groups excluding carboxylic acids is 1. The molecule has 0 radical (unpaired) electrons. The summed E-state index contributed by atoms with van der Waals surface area (Å²) in [5.41, 5.74) is 0.